The highest BCUT2D eigenvalue weighted by molar-refractivity contribution is 6.35. The van der Waals surface area contributed by atoms with E-state index in [1.807, 2.05) is 73.3 Å². The second-order valence-corrected chi connectivity index (χ2v) is 10.1. The maximum Gasteiger partial charge on any atom is 0.253 e. The number of rotatable bonds is 8. The van der Waals surface area contributed by atoms with E-state index in [4.69, 9.17) is 23.2 Å². The zero-order chi connectivity index (χ0) is 26.4. The Hall–Kier alpha value is -3.04. The fraction of sp³-hybridized carbons (Fsp3) is 0.333. The fourth-order valence-corrected chi connectivity index (χ4v) is 5.45. The molecule has 3 aromatic rings. The number of nitrogens with zero attached hydrogens (tertiary/aromatic N) is 4. The molecule has 1 heterocycles. The number of carbonyl (C=O) groups excluding carboxylic acids is 1. The molecule has 0 aliphatic carbocycles. The molecule has 0 spiro atoms. The maximum absolute atomic E-state index is 12.8. The van der Waals surface area contributed by atoms with E-state index in [-0.39, 0.29) is 11.9 Å². The lowest BCUT2D eigenvalue weighted by Crippen LogP contribution is -2.43. The molecule has 0 unspecified atom stereocenters. The zero-order valence-corrected chi connectivity index (χ0v) is 22.8. The molecule has 5 nitrogen and oxygen atoms in total. The van der Waals surface area contributed by atoms with Gasteiger partial charge in [0.2, 0.25) is 0 Å². The summed E-state index contributed by atoms with van der Waals surface area (Å²) in [5.74, 6) is 0.0451. The van der Waals surface area contributed by atoms with Gasteiger partial charge < -0.3 is 9.80 Å². The highest BCUT2D eigenvalue weighted by Crippen LogP contribution is 2.33. The molecule has 1 saturated heterocycles. The first-order chi connectivity index (χ1) is 17.9. The van der Waals surface area contributed by atoms with Gasteiger partial charge >= 0.3 is 0 Å². The lowest BCUT2D eigenvalue weighted by Gasteiger charge is -2.40. The van der Waals surface area contributed by atoms with Crippen molar-refractivity contribution in [2.24, 2.45) is 0 Å². The Kier molecular flexibility index (Phi) is 9.10. The smallest absolute Gasteiger partial charge is 0.253 e. The van der Waals surface area contributed by atoms with E-state index < -0.39 is 0 Å². The number of amides is 1. The Bertz CT molecular complexity index is 1260. The predicted molar refractivity (Wildman–Crippen MR) is 152 cm³/mol. The minimum Gasteiger partial charge on any atom is -0.339 e. The monoisotopic (exact) mass is 534 g/mol. The quantitative estimate of drug-likeness (QED) is 0.307. The molecule has 0 N–H and O–H groups in total. The standard InChI is InChI=1S/C30H32Cl2N4O/c1-3-35(4-2)30(37)23-9-12-26(13-10-23)36(28-7-5-6-22(18-28)20-33)27-14-16-34(17-15-27)21-24-8-11-25(31)19-29(24)32/h5-13,18-19,27H,3-4,14-17,21H2,1-2H3. The summed E-state index contributed by atoms with van der Waals surface area (Å²) in [6.07, 6.45) is 1.92. The first-order valence-electron chi connectivity index (χ1n) is 12.8. The van der Waals surface area contributed by atoms with Gasteiger partial charge in [0.1, 0.15) is 0 Å². The van der Waals surface area contributed by atoms with Crippen molar-refractivity contribution in [3.05, 3.63) is 93.5 Å². The minimum atomic E-state index is 0.0451. The molecule has 0 radical (unpaired) electrons. The van der Waals surface area contributed by atoms with E-state index in [1.54, 1.807) is 6.07 Å². The number of hydrogen-bond donors (Lipinski definition) is 0. The van der Waals surface area contributed by atoms with Crippen LogP contribution in [0.15, 0.2) is 66.7 Å². The third-order valence-corrected chi connectivity index (χ3v) is 7.61. The summed E-state index contributed by atoms with van der Waals surface area (Å²) >= 11 is 12.5. The minimum absolute atomic E-state index is 0.0451. The Labute approximate surface area is 229 Å². The van der Waals surface area contributed by atoms with E-state index >= 15 is 0 Å². The van der Waals surface area contributed by atoms with Gasteiger partial charge in [-0.1, -0.05) is 35.3 Å². The van der Waals surface area contributed by atoms with Crippen LogP contribution in [-0.2, 0) is 6.54 Å². The molecule has 4 rings (SSSR count). The van der Waals surface area contributed by atoms with Crippen LogP contribution in [0.1, 0.15) is 48.2 Å². The van der Waals surface area contributed by atoms with Crippen LogP contribution in [0.3, 0.4) is 0 Å². The number of piperidine rings is 1. The normalized spacial score (nSPS) is 14.2. The van der Waals surface area contributed by atoms with Crippen molar-refractivity contribution in [2.75, 3.05) is 31.1 Å². The first kappa shape index (κ1) is 27.0. The summed E-state index contributed by atoms with van der Waals surface area (Å²) in [6.45, 7) is 8.00. The van der Waals surface area contributed by atoms with Crippen LogP contribution in [0, 0.1) is 11.3 Å². The third-order valence-electron chi connectivity index (χ3n) is 7.03. The number of hydrogen-bond acceptors (Lipinski definition) is 4. The number of benzene rings is 3. The van der Waals surface area contributed by atoms with Gasteiger partial charge in [0.05, 0.1) is 11.6 Å². The lowest BCUT2D eigenvalue weighted by molar-refractivity contribution is 0.0773. The van der Waals surface area contributed by atoms with E-state index in [1.165, 1.54) is 0 Å². The zero-order valence-electron chi connectivity index (χ0n) is 21.3. The summed E-state index contributed by atoms with van der Waals surface area (Å²) in [5, 5.41) is 10.8. The summed E-state index contributed by atoms with van der Waals surface area (Å²) in [7, 11) is 0. The van der Waals surface area contributed by atoms with Crippen molar-refractivity contribution in [1.29, 1.82) is 5.26 Å². The second-order valence-electron chi connectivity index (χ2n) is 9.30. The number of anilines is 2. The van der Waals surface area contributed by atoms with Crippen molar-refractivity contribution >= 4 is 40.5 Å². The summed E-state index contributed by atoms with van der Waals surface area (Å²) in [5.41, 5.74) is 4.40. The van der Waals surface area contributed by atoms with Crippen molar-refractivity contribution in [2.45, 2.75) is 39.3 Å². The van der Waals surface area contributed by atoms with Gasteiger partial charge in [-0.2, -0.15) is 5.26 Å². The Morgan fingerprint density at radius 2 is 1.68 bits per heavy atom. The van der Waals surface area contributed by atoms with E-state index in [0.29, 0.717) is 34.3 Å². The predicted octanol–water partition coefficient (Wildman–Crippen LogP) is 7.15. The Morgan fingerprint density at radius 1 is 0.973 bits per heavy atom. The molecule has 1 aliphatic heterocycles. The van der Waals surface area contributed by atoms with Gasteiger partial charge in [0, 0.05) is 65.7 Å². The van der Waals surface area contributed by atoms with Crippen molar-refractivity contribution in [3.63, 3.8) is 0 Å². The first-order valence-corrected chi connectivity index (χ1v) is 13.5. The second kappa shape index (κ2) is 12.5. The summed E-state index contributed by atoms with van der Waals surface area (Å²) < 4.78 is 0. The molecule has 3 aromatic carbocycles. The van der Waals surface area contributed by atoms with Crippen molar-refractivity contribution < 1.29 is 4.79 Å². The molecule has 1 fully saturated rings. The number of halogens is 2. The van der Waals surface area contributed by atoms with Crippen LogP contribution in [0.4, 0.5) is 11.4 Å². The van der Waals surface area contributed by atoms with Crippen LogP contribution < -0.4 is 4.90 Å². The molecule has 1 aliphatic rings. The topological polar surface area (TPSA) is 50.6 Å². The van der Waals surface area contributed by atoms with E-state index in [2.05, 4.69) is 21.9 Å². The van der Waals surface area contributed by atoms with Crippen molar-refractivity contribution in [1.82, 2.24) is 9.80 Å². The molecule has 0 bridgehead atoms. The van der Waals surface area contributed by atoms with Gasteiger partial charge in [-0.05, 0) is 86.8 Å². The van der Waals surface area contributed by atoms with Gasteiger partial charge in [0.25, 0.3) is 5.91 Å². The van der Waals surface area contributed by atoms with E-state index in [0.717, 1.165) is 49.4 Å². The molecule has 0 atom stereocenters. The molecular weight excluding hydrogens is 503 g/mol. The van der Waals surface area contributed by atoms with E-state index in [9.17, 15) is 10.1 Å². The van der Waals surface area contributed by atoms with Crippen LogP contribution in [0.5, 0.6) is 0 Å². The number of likely N-dealkylation sites (tertiary alicyclic amines) is 1. The van der Waals surface area contributed by atoms with Gasteiger partial charge in [-0.15, -0.1) is 0 Å². The lowest BCUT2D eigenvalue weighted by atomic mass is 9.99. The van der Waals surface area contributed by atoms with Crippen molar-refractivity contribution in [3.8, 4) is 6.07 Å². The summed E-state index contributed by atoms with van der Waals surface area (Å²) in [6, 6.07) is 23.8. The third kappa shape index (κ3) is 6.45. The number of carbonyl (C=O) groups is 1. The SMILES string of the molecule is CCN(CC)C(=O)c1ccc(N(c2cccc(C#N)c2)C2CCN(Cc3ccc(Cl)cc3Cl)CC2)cc1. The summed E-state index contributed by atoms with van der Waals surface area (Å²) in [4.78, 5) is 19.4. The Morgan fingerprint density at radius 3 is 2.30 bits per heavy atom. The van der Waals surface area contributed by atoms with Crippen LogP contribution in [0.2, 0.25) is 10.0 Å². The van der Waals surface area contributed by atoms with Crippen LogP contribution >= 0.6 is 23.2 Å². The molecule has 0 aromatic heterocycles. The molecular formula is C30H32Cl2N4O. The molecule has 37 heavy (non-hydrogen) atoms. The fourth-order valence-electron chi connectivity index (χ4n) is 4.98. The largest absolute Gasteiger partial charge is 0.339 e. The Balaban J connectivity index is 1.55. The average molecular weight is 536 g/mol. The maximum atomic E-state index is 12.8. The highest BCUT2D eigenvalue weighted by atomic mass is 35.5. The van der Waals surface area contributed by atoms with Gasteiger partial charge in [0.15, 0.2) is 0 Å². The van der Waals surface area contributed by atoms with Gasteiger partial charge in [-0.3, -0.25) is 9.69 Å². The average Bonchev–Trinajstić information content (AvgIpc) is 2.92. The van der Waals surface area contributed by atoms with Crippen LogP contribution in [0.25, 0.3) is 0 Å². The molecule has 0 saturated carbocycles. The number of nitriles is 1. The molecule has 1 amide bonds. The van der Waals surface area contributed by atoms with Gasteiger partial charge in [-0.25, -0.2) is 0 Å². The van der Waals surface area contributed by atoms with Crippen LogP contribution in [-0.4, -0.2) is 47.9 Å². The highest BCUT2D eigenvalue weighted by Gasteiger charge is 2.27. The molecule has 7 heteroatoms. The molecule has 192 valence electrons.